The van der Waals surface area contributed by atoms with E-state index in [0.717, 1.165) is 17.9 Å². The fraction of sp³-hybridized carbons (Fsp3) is 0.273. The van der Waals surface area contributed by atoms with Gasteiger partial charge in [-0.1, -0.05) is 24.3 Å². The Bertz CT molecular complexity index is 919. The zero-order valence-electron chi connectivity index (χ0n) is 16.4. The van der Waals surface area contributed by atoms with Crippen LogP contribution in [0.15, 0.2) is 60.9 Å². The normalized spacial score (nSPS) is 11.7. The third-order valence-electron chi connectivity index (χ3n) is 4.43. The average molecular weight is 379 g/mol. The van der Waals surface area contributed by atoms with Gasteiger partial charge in [-0.25, -0.2) is 4.98 Å². The number of amides is 1. The van der Waals surface area contributed by atoms with E-state index < -0.39 is 0 Å². The second-order valence-electron chi connectivity index (χ2n) is 6.64. The summed E-state index contributed by atoms with van der Waals surface area (Å²) in [6.07, 6.45) is 3.73. The summed E-state index contributed by atoms with van der Waals surface area (Å²) in [5, 5.41) is 2.96. The number of nitrogens with zero attached hydrogens (tertiary/aromatic N) is 2. The highest BCUT2D eigenvalue weighted by Crippen LogP contribution is 2.25. The second-order valence-corrected chi connectivity index (χ2v) is 6.64. The van der Waals surface area contributed by atoms with Crippen molar-refractivity contribution in [2.24, 2.45) is 0 Å². The molecule has 6 nitrogen and oxygen atoms in total. The van der Waals surface area contributed by atoms with Crippen molar-refractivity contribution in [2.75, 3.05) is 13.7 Å². The van der Waals surface area contributed by atoms with Crippen molar-refractivity contribution >= 4 is 5.91 Å². The molecule has 1 aromatic heterocycles. The summed E-state index contributed by atoms with van der Waals surface area (Å²) in [4.78, 5) is 16.7. The number of carbonyl (C=O) groups is 1. The van der Waals surface area contributed by atoms with E-state index in [0.29, 0.717) is 23.7 Å². The van der Waals surface area contributed by atoms with Crippen molar-refractivity contribution in [2.45, 2.75) is 26.4 Å². The van der Waals surface area contributed by atoms with Gasteiger partial charge in [0.2, 0.25) is 0 Å². The van der Waals surface area contributed by atoms with Gasteiger partial charge in [0.05, 0.1) is 13.2 Å². The standard InChI is InChI=1S/C22H25N3O3/c1-16(15-28-21-7-5-4-6-20(21)27-3)24-22(26)19-10-8-18(9-11-19)14-25-13-12-23-17(25)2/h4-13,16H,14-15H2,1-3H3,(H,24,26)/t16-/m0/s1. The molecule has 1 amide bonds. The molecule has 0 radical (unpaired) electrons. The Kier molecular flexibility index (Phi) is 6.32. The van der Waals surface area contributed by atoms with E-state index in [1.807, 2.05) is 68.6 Å². The van der Waals surface area contributed by atoms with Crippen LogP contribution < -0.4 is 14.8 Å². The molecule has 2 aromatic carbocycles. The lowest BCUT2D eigenvalue weighted by molar-refractivity contribution is 0.0926. The first kappa shape index (κ1) is 19.5. The molecule has 0 spiro atoms. The molecule has 1 atom stereocenters. The van der Waals surface area contributed by atoms with Gasteiger partial charge in [-0.3, -0.25) is 4.79 Å². The highest BCUT2D eigenvalue weighted by atomic mass is 16.5. The van der Waals surface area contributed by atoms with E-state index in [1.165, 1.54) is 0 Å². The number of hydrogen-bond acceptors (Lipinski definition) is 4. The third-order valence-corrected chi connectivity index (χ3v) is 4.43. The van der Waals surface area contributed by atoms with E-state index >= 15 is 0 Å². The summed E-state index contributed by atoms with van der Waals surface area (Å²) >= 11 is 0. The molecule has 0 aliphatic carbocycles. The molecule has 3 aromatic rings. The molecule has 0 saturated heterocycles. The first-order chi connectivity index (χ1) is 13.6. The fourth-order valence-corrected chi connectivity index (χ4v) is 2.83. The Morgan fingerprint density at radius 3 is 2.50 bits per heavy atom. The number of aromatic nitrogens is 2. The van der Waals surface area contributed by atoms with Gasteiger partial charge in [-0.2, -0.15) is 0 Å². The molecule has 0 saturated carbocycles. The first-order valence-corrected chi connectivity index (χ1v) is 9.20. The van der Waals surface area contributed by atoms with Crippen LogP contribution in [-0.2, 0) is 6.54 Å². The number of benzene rings is 2. The van der Waals surface area contributed by atoms with Crippen LogP contribution in [0.1, 0.15) is 28.7 Å². The highest BCUT2D eigenvalue weighted by Gasteiger charge is 2.12. The largest absolute Gasteiger partial charge is 0.493 e. The van der Waals surface area contributed by atoms with Gasteiger partial charge in [-0.15, -0.1) is 0 Å². The molecule has 146 valence electrons. The second kappa shape index (κ2) is 9.08. The van der Waals surface area contributed by atoms with Gasteiger partial charge in [0, 0.05) is 24.5 Å². The van der Waals surface area contributed by atoms with Crippen LogP contribution in [-0.4, -0.2) is 35.2 Å². The van der Waals surface area contributed by atoms with E-state index in [9.17, 15) is 4.79 Å². The number of carbonyl (C=O) groups excluding carboxylic acids is 1. The van der Waals surface area contributed by atoms with Crippen molar-refractivity contribution in [3.8, 4) is 11.5 Å². The molecule has 0 aliphatic rings. The van der Waals surface area contributed by atoms with Crippen molar-refractivity contribution in [1.29, 1.82) is 0 Å². The molecule has 1 heterocycles. The molecule has 0 aliphatic heterocycles. The number of methoxy groups -OCH3 is 1. The summed E-state index contributed by atoms with van der Waals surface area (Å²) in [6.45, 7) is 4.96. The molecule has 0 fully saturated rings. The number of para-hydroxylation sites is 2. The zero-order chi connectivity index (χ0) is 19.9. The minimum atomic E-state index is -0.148. The van der Waals surface area contributed by atoms with Crippen LogP contribution >= 0.6 is 0 Å². The number of rotatable bonds is 8. The van der Waals surface area contributed by atoms with Gasteiger partial charge < -0.3 is 19.4 Å². The zero-order valence-corrected chi connectivity index (χ0v) is 16.4. The average Bonchev–Trinajstić information content (AvgIpc) is 3.11. The third kappa shape index (κ3) is 4.91. The van der Waals surface area contributed by atoms with Crippen LogP contribution in [0.2, 0.25) is 0 Å². The van der Waals surface area contributed by atoms with Crippen molar-refractivity contribution in [3.63, 3.8) is 0 Å². The first-order valence-electron chi connectivity index (χ1n) is 9.20. The Morgan fingerprint density at radius 2 is 1.86 bits per heavy atom. The van der Waals surface area contributed by atoms with Crippen LogP contribution in [0.3, 0.4) is 0 Å². The smallest absolute Gasteiger partial charge is 0.251 e. The predicted molar refractivity (Wildman–Crippen MR) is 108 cm³/mol. The minimum absolute atomic E-state index is 0.124. The molecular formula is C22H25N3O3. The quantitative estimate of drug-likeness (QED) is 0.651. The molecule has 1 N–H and O–H groups in total. The lowest BCUT2D eigenvalue weighted by atomic mass is 10.1. The maximum absolute atomic E-state index is 12.5. The summed E-state index contributed by atoms with van der Waals surface area (Å²) in [5.74, 6) is 2.17. The minimum Gasteiger partial charge on any atom is -0.493 e. The van der Waals surface area contributed by atoms with Crippen molar-refractivity contribution < 1.29 is 14.3 Å². The number of nitrogens with one attached hydrogen (secondary N) is 1. The topological polar surface area (TPSA) is 65.4 Å². The number of hydrogen-bond donors (Lipinski definition) is 1. The summed E-state index contributed by atoms with van der Waals surface area (Å²) in [6, 6.07) is 14.9. The summed E-state index contributed by atoms with van der Waals surface area (Å²) < 4.78 is 13.1. The maximum Gasteiger partial charge on any atom is 0.251 e. The lowest BCUT2D eigenvalue weighted by Crippen LogP contribution is -2.36. The Hall–Kier alpha value is -3.28. The Labute approximate surface area is 165 Å². The van der Waals surface area contributed by atoms with Gasteiger partial charge in [-0.05, 0) is 43.7 Å². The van der Waals surface area contributed by atoms with E-state index in [-0.39, 0.29) is 11.9 Å². The number of ether oxygens (including phenoxy) is 2. The fourth-order valence-electron chi connectivity index (χ4n) is 2.83. The predicted octanol–water partition coefficient (Wildman–Crippen LogP) is 3.45. The Morgan fingerprint density at radius 1 is 1.14 bits per heavy atom. The van der Waals surface area contributed by atoms with Crippen LogP contribution in [0.5, 0.6) is 11.5 Å². The van der Waals surface area contributed by atoms with Crippen LogP contribution in [0.4, 0.5) is 0 Å². The summed E-state index contributed by atoms with van der Waals surface area (Å²) in [5.41, 5.74) is 1.74. The van der Waals surface area contributed by atoms with Gasteiger partial charge >= 0.3 is 0 Å². The maximum atomic E-state index is 12.5. The summed E-state index contributed by atoms with van der Waals surface area (Å²) in [7, 11) is 1.60. The molecule has 28 heavy (non-hydrogen) atoms. The van der Waals surface area contributed by atoms with Crippen molar-refractivity contribution in [3.05, 3.63) is 77.9 Å². The monoisotopic (exact) mass is 379 g/mol. The van der Waals surface area contributed by atoms with Gasteiger partial charge in [0.15, 0.2) is 11.5 Å². The van der Waals surface area contributed by atoms with Crippen molar-refractivity contribution in [1.82, 2.24) is 14.9 Å². The lowest BCUT2D eigenvalue weighted by Gasteiger charge is -2.16. The molecule has 0 unspecified atom stereocenters. The van der Waals surface area contributed by atoms with Crippen LogP contribution in [0.25, 0.3) is 0 Å². The molecule has 3 rings (SSSR count). The van der Waals surface area contributed by atoms with Crippen LogP contribution in [0, 0.1) is 6.92 Å². The SMILES string of the molecule is COc1ccccc1OC[C@H](C)NC(=O)c1ccc(Cn2ccnc2C)cc1. The molecule has 6 heteroatoms. The van der Waals surface area contributed by atoms with E-state index in [1.54, 1.807) is 13.3 Å². The molecular weight excluding hydrogens is 354 g/mol. The molecule has 0 bridgehead atoms. The Balaban J connectivity index is 1.53. The number of imidazole rings is 1. The number of aryl methyl sites for hydroxylation is 1. The van der Waals surface area contributed by atoms with E-state index in [2.05, 4.69) is 14.9 Å². The van der Waals surface area contributed by atoms with E-state index in [4.69, 9.17) is 9.47 Å². The van der Waals surface area contributed by atoms with Gasteiger partial charge in [0.1, 0.15) is 12.4 Å². The highest BCUT2D eigenvalue weighted by molar-refractivity contribution is 5.94. The van der Waals surface area contributed by atoms with Gasteiger partial charge in [0.25, 0.3) is 5.91 Å².